The zero-order valence-corrected chi connectivity index (χ0v) is 10.9. The third-order valence-electron chi connectivity index (χ3n) is 3.69. The standard InChI is InChI=1S/C14H23N3/c1-11(15)13-7-8-16-14(9-13)17(2)10-12-5-3-4-6-12/h7-9,11-12H,3-6,10,15H2,1-2H3. The van der Waals surface area contributed by atoms with E-state index in [4.69, 9.17) is 5.73 Å². The van der Waals surface area contributed by atoms with Crippen LogP contribution in [-0.2, 0) is 0 Å². The molecule has 0 aliphatic heterocycles. The Morgan fingerprint density at radius 3 is 2.82 bits per heavy atom. The van der Waals surface area contributed by atoms with Crippen molar-refractivity contribution in [3.63, 3.8) is 0 Å². The quantitative estimate of drug-likeness (QED) is 0.869. The molecule has 3 nitrogen and oxygen atoms in total. The van der Waals surface area contributed by atoms with E-state index in [-0.39, 0.29) is 6.04 Å². The summed E-state index contributed by atoms with van der Waals surface area (Å²) in [5.41, 5.74) is 7.06. The summed E-state index contributed by atoms with van der Waals surface area (Å²) in [7, 11) is 2.13. The minimum absolute atomic E-state index is 0.0802. The smallest absolute Gasteiger partial charge is 0.128 e. The van der Waals surface area contributed by atoms with Crippen molar-refractivity contribution in [2.75, 3.05) is 18.5 Å². The lowest BCUT2D eigenvalue weighted by atomic mass is 10.1. The van der Waals surface area contributed by atoms with E-state index in [9.17, 15) is 0 Å². The summed E-state index contributed by atoms with van der Waals surface area (Å²) in [5.74, 6) is 1.90. The molecule has 0 amide bonds. The van der Waals surface area contributed by atoms with Crippen molar-refractivity contribution in [1.29, 1.82) is 0 Å². The molecule has 94 valence electrons. The first kappa shape index (κ1) is 12.4. The van der Waals surface area contributed by atoms with Gasteiger partial charge in [0.1, 0.15) is 5.82 Å². The summed E-state index contributed by atoms with van der Waals surface area (Å²) >= 11 is 0. The molecule has 2 rings (SSSR count). The first-order chi connectivity index (χ1) is 8.16. The van der Waals surface area contributed by atoms with E-state index in [1.54, 1.807) is 0 Å². The molecule has 1 aromatic heterocycles. The summed E-state index contributed by atoms with van der Waals surface area (Å²) in [5, 5.41) is 0. The van der Waals surface area contributed by atoms with Crippen LogP contribution in [0.25, 0.3) is 0 Å². The number of hydrogen-bond donors (Lipinski definition) is 1. The third-order valence-corrected chi connectivity index (χ3v) is 3.69. The first-order valence-electron chi connectivity index (χ1n) is 6.59. The van der Waals surface area contributed by atoms with Crippen molar-refractivity contribution in [2.45, 2.75) is 38.6 Å². The number of pyridine rings is 1. The second-order valence-electron chi connectivity index (χ2n) is 5.27. The first-order valence-corrected chi connectivity index (χ1v) is 6.59. The molecule has 1 fully saturated rings. The Bertz CT molecular complexity index is 356. The van der Waals surface area contributed by atoms with Crippen LogP contribution in [0.5, 0.6) is 0 Å². The molecular weight excluding hydrogens is 210 g/mol. The number of rotatable bonds is 4. The number of anilines is 1. The van der Waals surface area contributed by atoms with Crippen LogP contribution in [0.3, 0.4) is 0 Å². The molecule has 1 unspecified atom stereocenters. The van der Waals surface area contributed by atoms with Crippen molar-refractivity contribution in [3.8, 4) is 0 Å². The average Bonchev–Trinajstić information content (AvgIpc) is 2.82. The van der Waals surface area contributed by atoms with Gasteiger partial charge in [0.05, 0.1) is 0 Å². The lowest BCUT2D eigenvalue weighted by Gasteiger charge is -2.22. The van der Waals surface area contributed by atoms with Crippen LogP contribution in [0, 0.1) is 5.92 Å². The molecule has 1 heterocycles. The maximum Gasteiger partial charge on any atom is 0.128 e. The van der Waals surface area contributed by atoms with Gasteiger partial charge in [-0.3, -0.25) is 0 Å². The molecule has 1 saturated carbocycles. The Morgan fingerprint density at radius 1 is 1.47 bits per heavy atom. The Morgan fingerprint density at radius 2 is 2.18 bits per heavy atom. The lowest BCUT2D eigenvalue weighted by molar-refractivity contribution is 0.545. The Labute approximate surface area is 104 Å². The van der Waals surface area contributed by atoms with Crippen LogP contribution in [0.1, 0.15) is 44.2 Å². The fourth-order valence-corrected chi connectivity index (χ4v) is 2.60. The molecule has 0 radical (unpaired) electrons. The molecule has 1 aromatic rings. The van der Waals surface area contributed by atoms with Crippen molar-refractivity contribution < 1.29 is 0 Å². The molecule has 0 bridgehead atoms. The lowest BCUT2D eigenvalue weighted by Crippen LogP contribution is -2.25. The average molecular weight is 233 g/mol. The fraction of sp³-hybridized carbons (Fsp3) is 0.643. The molecule has 17 heavy (non-hydrogen) atoms. The summed E-state index contributed by atoms with van der Waals surface area (Å²) in [6, 6.07) is 4.19. The van der Waals surface area contributed by atoms with Crippen molar-refractivity contribution in [3.05, 3.63) is 23.9 Å². The second-order valence-corrected chi connectivity index (χ2v) is 5.27. The van der Waals surface area contributed by atoms with E-state index in [0.29, 0.717) is 0 Å². The molecule has 0 aromatic carbocycles. The van der Waals surface area contributed by atoms with Gasteiger partial charge in [0.2, 0.25) is 0 Å². The van der Waals surface area contributed by atoms with Gasteiger partial charge in [-0.05, 0) is 43.4 Å². The summed E-state index contributed by atoms with van der Waals surface area (Å²) in [6.07, 6.45) is 7.39. The molecule has 2 N–H and O–H groups in total. The predicted molar refractivity (Wildman–Crippen MR) is 72.1 cm³/mol. The summed E-state index contributed by atoms with van der Waals surface area (Å²) in [4.78, 5) is 6.70. The van der Waals surface area contributed by atoms with Crippen LogP contribution in [-0.4, -0.2) is 18.6 Å². The third kappa shape index (κ3) is 3.19. The van der Waals surface area contributed by atoms with Gasteiger partial charge in [0.15, 0.2) is 0 Å². The fourth-order valence-electron chi connectivity index (χ4n) is 2.60. The van der Waals surface area contributed by atoms with E-state index < -0.39 is 0 Å². The van der Waals surface area contributed by atoms with Gasteiger partial charge < -0.3 is 10.6 Å². The van der Waals surface area contributed by atoms with Gasteiger partial charge in [-0.15, -0.1) is 0 Å². The minimum atomic E-state index is 0.0802. The Kier molecular flexibility index (Phi) is 4.00. The monoisotopic (exact) mass is 233 g/mol. The van der Waals surface area contributed by atoms with Crippen LogP contribution in [0.2, 0.25) is 0 Å². The zero-order valence-electron chi connectivity index (χ0n) is 10.9. The van der Waals surface area contributed by atoms with Gasteiger partial charge in [0.25, 0.3) is 0 Å². The summed E-state index contributed by atoms with van der Waals surface area (Å²) in [6.45, 7) is 3.13. The van der Waals surface area contributed by atoms with Gasteiger partial charge in [-0.1, -0.05) is 12.8 Å². The highest BCUT2D eigenvalue weighted by atomic mass is 15.2. The summed E-state index contributed by atoms with van der Waals surface area (Å²) < 4.78 is 0. The predicted octanol–water partition coefficient (Wildman–Crippen LogP) is 2.73. The number of nitrogens with two attached hydrogens (primary N) is 1. The van der Waals surface area contributed by atoms with Gasteiger partial charge in [-0.2, -0.15) is 0 Å². The van der Waals surface area contributed by atoms with Crippen LogP contribution < -0.4 is 10.6 Å². The van der Waals surface area contributed by atoms with E-state index in [2.05, 4.69) is 23.0 Å². The maximum absolute atomic E-state index is 5.90. The van der Waals surface area contributed by atoms with E-state index >= 15 is 0 Å². The molecule has 0 spiro atoms. The maximum atomic E-state index is 5.90. The largest absolute Gasteiger partial charge is 0.359 e. The highest BCUT2D eigenvalue weighted by Crippen LogP contribution is 2.26. The van der Waals surface area contributed by atoms with Gasteiger partial charge >= 0.3 is 0 Å². The number of nitrogens with zero attached hydrogens (tertiary/aromatic N) is 2. The molecular formula is C14H23N3. The number of hydrogen-bond acceptors (Lipinski definition) is 3. The molecule has 0 saturated heterocycles. The SMILES string of the molecule is CC(N)c1ccnc(N(C)CC2CCCC2)c1. The van der Waals surface area contributed by atoms with Crippen molar-refractivity contribution in [1.82, 2.24) is 4.98 Å². The molecule has 1 atom stereocenters. The van der Waals surface area contributed by atoms with Crippen LogP contribution in [0.15, 0.2) is 18.3 Å². The van der Waals surface area contributed by atoms with Crippen molar-refractivity contribution >= 4 is 5.82 Å². The van der Waals surface area contributed by atoms with Gasteiger partial charge in [0, 0.05) is 25.8 Å². The number of aromatic nitrogens is 1. The van der Waals surface area contributed by atoms with Crippen LogP contribution >= 0.6 is 0 Å². The van der Waals surface area contributed by atoms with Crippen LogP contribution in [0.4, 0.5) is 5.82 Å². The normalized spacial score (nSPS) is 18.3. The van der Waals surface area contributed by atoms with E-state index in [1.165, 1.54) is 25.7 Å². The zero-order chi connectivity index (χ0) is 12.3. The minimum Gasteiger partial charge on any atom is -0.359 e. The Balaban J connectivity index is 2.02. The topological polar surface area (TPSA) is 42.1 Å². The highest BCUT2D eigenvalue weighted by Gasteiger charge is 2.17. The molecule has 1 aliphatic rings. The molecule has 1 aliphatic carbocycles. The van der Waals surface area contributed by atoms with E-state index in [0.717, 1.165) is 23.8 Å². The van der Waals surface area contributed by atoms with Crippen molar-refractivity contribution in [2.24, 2.45) is 11.7 Å². The highest BCUT2D eigenvalue weighted by molar-refractivity contribution is 5.40. The van der Waals surface area contributed by atoms with Gasteiger partial charge in [-0.25, -0.2) is 4.98 Å². The Hall–Kier alpha value is -1.09. The second kappa shape index (κ2) is 5.50. The van der Waals surface area contributed by atoms with E-state index in [1.807, 2.05) is 19.2 Å². The molecule has 3 heteroatoms.